The van der Waals surface area contributed by atoms with E-state index in [-0.39, 0.29) is 67.5 Å². The summed E-state index contributed by atoms with van der Waals surface area (Å²) in [5.74, 6) is 2.56. The lowest BCUT2D eigenvalue weighted by molar-refractivity contribution is -0.194. The van der Waals surface area contributed by atoms with Crippen LogP contribution in [-0.2, 0) is 0 Å². The second-order valence-corrected chi connectivity index (χ2v) is 16.1. The Bertz CT molecular complexity index is 2690. The van der Waals surface area contributed by atoms with E-state index in [1.54, 1.807) is 24.3 Å². The molecule has 0 radical (unpaired) electrons. The third-order valence-corrected chi connectivity index (χ3v) is 11.1. The predicted octanol–water partition coefficient (Wildman–Crippen LogP) is 5.09. The number of aldehydes is 4. The normalized spacial score (nSPS) is 17.0. The van der Waals surface area contributed by atoms with Crippen LogP contribution in [0.5, 0.6) is 34.5 Å². The highest BCUT2D eigenvalue weighted by Crippen LogP contribution is 2.34. The third kappa shape index (κ3) is 13.9. The largest absolute Gasteiger partial charge is 0.508 e. The Morgan fingerprint density at radius 1 is 0.324 bits per heavy atom. The van der Waals surface area contributed by atoms with E-state index in [2.05, 4.69) is 46.1 Å². The molecule has 0 unspecified atom stereocenters. The van der Waals surface area contributed by atoms with Gasteiger partial charge in [-0.2, -0.15) is 0 Å². The number of phenols is 6. The number of hydrogen-bond donors (Lipinski definition) is 12. The summed E-state index contributed by atoms with van der Waals surface area (Å²) in [6.45, 7) is 7.12. The van der Waals surface area contributed by atoms with Crippen molar-refractivity contribution in [2.45, 2.75) is 0 Å². The molecule has 10 rings (SSSR count). The first-order valence-corrected chi connectivity index (χ1v) is 21.5. The molecule has 0 aliphatic carbocycles. The molecule has 4 fully saturated rings. The minimum atomic E-state index is -0.446. The van der Waals surface area contributed by atoms with E-state index >= 15 is 0 Å². The standard InChI is InChI=1S/C16H14N4O6.C16H10O6.C12H10O2.C6H12N4.H3NO/c21-15-11(5-17-23)1-9(2-12(15)6-18-24)10-3-13(7-19-25)16(22)14(4-10)8-20-26;17-5-11-1-9(2-12(6-18)15(11)21)10-3-13(7-19)16(22)14(4-10)8-20;13-11-5-1-9(2-6-11)10-3-7-12(14)8-4-10;1-7-2-9-4-8(1)5-10(3-7)6-9;1-2/h1-8,21-26H;1-8,21-22H;1-8,13-14H;1-6H2;2H,1H2/b17-5+,18-6+,19-7+,20-8+;;;;. The van der Waals surface area contributed by atoms with Crippen molar-refractivity contribution >= 4 is 50.0 Å². The van der Waals surface area contributed by atoms with Crippen LogP contribution >= 0.6 is 0 Å². The highest BCUT2D eigenvalue weighted by atomic mass is 16.4. The quantitative estimate of drug-likeness (QED) is 0.0348. The second-order valence-electron chi connectivity index (χ2n) is 16.1. The molecule has 0 aromatic heterocycles. The molecule has 6 aromatic carbocycles. The van der Waals surface area contributed by atoms with E-state index in [9.17, 15) is 39.6 Å². The molecule has 4 aliphatic heterocycles. The Morgan fingerprint density at radius 3 is 0.703 bits per heavy atom. The van der Waals surface area contributed by atoms with Gasteiger partial charge in [-0.25, -0.2) is 5.90 Å². The van der Waals surface area contributed by atoms with Crippen molar-refractivity contribution in [2.24, 2.45) is 26.5 Å². The van der Waals surface area contributed by atoms with E-state index in [0.29, 0.717) is 47.4 Å². The SMILES string of the molecule is C1N2CN3CN1CN(C2)C3.NO.O/N=C/c1cc(-c2cc(/C=N/O)c(O)c(/C=N/O)c2)cc(/C=N/O)c1O.O=Cc1cc(-c2cc(C=O)c(O)c(C=O)c2)cc(C=O)c1O.Oc1ccc(-c2ccc(O)cc2)cc1. The summed E-state index contributed by atoms with van der Waals surface area (Å²) in [6, 6.07) is 25.0. The lowest BCUT2D eigenvalue weighted by atomic mass is 9.95. The van der Waals surface area contributed by atoms with Crippen LogP contribution in [0.4, 0.5) is 0 Å². The van der Waals surface area contributed by atoms with Crippen molar-refractivity contribution in [3.63, 3.8) is 0 Å². The zero-order valence-corrected chi connectivity index (χ0v) is 38.8. The van der Waals surface area contributed by atoms with Gasteiger partial charge in [-0.05, 0) is 106 Å². The van der Waals surface area contributed by atoms with E-state index < -0.39 is 11.5 Å². The Balaban J connectivity index is 0.000000189. The molecule has 384 valence electrons. The van der Waals surface area contributed by atoms with Gasteiger partial charge in [-0.1, -0.05) is 44.9 Å². The fourth-order valence-corrected chi connectivity index (χ4v) is 7.93. The molecule has 24 nitrogen and oxygen atoms in total. The number of nitrogens with zero attached hydrogens (tertiary/aromatic N) is 8. The number of carbonyl (C=O) groups is 4. The van der Waals surface area contributed by atoms with E-state index in [1.165, 1.54) is 88.5 Å². The highest BCUT2D eigenvalue weighted by molar-refractivity contribution is 5.98. The van der Waals surface area contributed by atoms with Gasteiger partial charge in [0.05, 0.1) is 87.1 Å². The Hall–Kier alpha value is -9.56. The first kappa shape index (κ1) is 55.4. The molecule has 4 heterocycles. The number of phenolic OH excluding ortho intramolecular Hbond substituents is 6. The van der Waals surface area contributed by atoms with Gasteiger partial charge in [-0.15, -0.1) is 0 Å². The number of rotatable bonds is 11. The number of oxime groups is 4. The maximum Gasteiger partial charge on any atom is 0.153 e. The molecule has 0 saturated carbocycles. The van der Waals surface area contributed by atoms with Gasteiger partial charge < -0.3 is 56.7 Å². The van der Waals surface area contributed by atoms with Crippen LogP contribution in [0.2, 0.25) is 0 Å². The molecule has 0 atom stereocenters. The number of aromatic hydroxyl groups is 6. The summed E-state index contributed by atoms with van der Waals surface area (Å²) in [5.41, 5.74) is 3.74. The Kier molecular flexibility index (Phi) is 19.9. The van der Waals surface area contributed by atoms with Crippen molar-refractivity contribution in [3.05, 3.63) is 142 Å². The van der Waals surface area contributed by atoms with E-state index in [0.717, 1.165) is 36.0 Å². The minimum absolute atomic E-state index is 0.104. The summed E-state index contributed by atoms with van der Waals surface area (Å²) in [5, 5.41) is 111. The average molecular weight is 1020 g/mol. The maximum absolute atomic E-state index is 11.0. The van der Waals surface area contributed by atoms with Crippen LogP contribution in [0.25, 0.3) is 33.4 Å². The van der Waals surface area contributed by atoms with Gasteiger partial charge in [0.15, 0.2) is 25.1 Å². The second kappa shape index (κ2) is 26.6. The fraction of sp³-hybridized carbons (Fsp3) is 0.120. The number of carbonyl (C=O) groups excluding carboxylic acids is 4. The van der Waals surface area contributed by atoms with Gasteiger partial charge in [0.1, 0.15) is 34.5 Å². The van der Waals surface area contributed by atoms with Crippen molar-refractivity contribution in [1.82, 2.24) is 19.6 Å². The molecule has 6 aromatic rings. The summed E-state index contributed by atoms with van der Waals surface area (Å²) < 4.78 is 0. The molecule has 4 aliphatic rings. The smallest absolute Gasteiger partial charge is 0.153 e. The first-order valence-electron chi connectivity index (χ1n) is 21.5. The fourth-order valence-electron chi connectivity index (χ4n) is 7.93. The first-order chi connectivity index (χ1) is 35.8. The molecule has 4 saturated heterocycles. The van der Waals surface area contributed by atoms with Crippen LogP contribution in [0.3, 0.4) is 0 Å². The zero-order valence-electron chi connectivity index (χ0n) is 38.8. The number of hydrogen-bond acceptors (Lipinski definition) is 24. The average Bonchev–Trinajstić information content (AvgIpc) is 3.40. The summed E-state index contributed by atoms with van der Waals surface area (Å²) in [7, 11) is 0. The van der Waals surface area contributed by atoms with Gasteiger partial charge in [0.2, 0.25) is 0 Å². The topological polar surface area (TPSA) is 379 Å². The lowest BCUT2D eigenvalue weighted by Crippen LogP contribution is -2.71. The van der Waals surface area contributed by atoms with Crippen LogP contribution in [0, 0.1) is 0 Å². The van der Waals surface area contributed by atoms with Gasteiger partial charge in [0.25, 0.3) is 0 Å². The highest BCUT2D eigenvalue weighted by Gasteiger charge is 2.36. The molecule has 4 bridgehead atoms. The Morgan fingerprint density at radius 2 is 0.514 bits per heavy atom. The summed E-state index contributed by atoms with van der Waals surface area (Å²) >= 11 is 0. The van der Waals surface area contributed by atoms with Crippen LogP contribution in [0.1, 0.15) is 63.7 Å². The van der Waals surface area contributed by atoms with Crippen LogP contribution < -0.4 is 5.90 Å². The van der Waals surface area contributed by atoms with Crippen molar-refractivity contribution in [2.75, 3.05) is 40.0 Å². The molecule has 0 amide bonds. The third-order valence-electron chi connectivity index (χ3n) is 11.1. The van der Waals surface area contributed by atoms with E-state index in [1.807, 2.05) is 24.3 Å². The molecular formula is C50H49N9O15. The molecule has 13 N–H and O–H groups in total. The molecular weight excluding hydrogens is 967 g/mol. The van der Waals surface area contributed by atoms with Crippen molar-refractivity contribution < 1.29 is 75.9 Å². The maximum atomic E-state index is 11.0. The Labute approximate surface area is 420 Å². The van der Waals surface area contributed by atoms with Crippen molar-refractivity contribution in [1.29, 1.82) is 0 Å². The summed E-state index contributed by atoms with van der Waals surface area (Å²) in [4.78, 5) is 53.7. The lowest BCUT2D eigenvalue weighted by Gasteiger charge is -2.56. The minimum Gasteiger partial charge on any atom is -0.508 e. The molecule has 24 heteroatoms. The number of nitrogens with two attached hydrogens (primary N) is 1. The molecule has 0 spiro atoms. The summed E-state index contributed by atoms with van der Waals surface area (Å²) in [6.07, 6.45) is 5.47. The monoisotopic (exact) mass is 1020 g/mol. The van der Waals surface area contributed by atoms with Gasteiger partial charge in [-0.3, -0.25) is 38.8 Å². The number of benzene rings is 6. The van der Waals surface area contributed by atoms with Crippen molar-refractivity contribution in [3.8, 4) is 67.9 Å². The van der Waals surface area contributed by atoms with Crippen LogP contribution in [0.15, 0.2) is 118 Å². The van der Waals surface area contributed by atoms with Crippen LogP contribution in [-0.4, -0.2) is 166 Å². The predicted molar refractivity (Wildman–Crippen MR) is 267 cm³/mol. The zero-order chi connectivity index (χ0) is 53.9. The van der Waals surface area contributed by atoms with Gasteiger partial charge >= 0.3 is 0 Å². The van der Waals surface area contributed by atoms with Gasteiger partial charge in [0, 0.05) is 22.3 Å². The van der Waals surface area contributed by atoms with E-state index in [4.69, 9.17) is 36.2 Å². The molecule has 74 heavy (non-hydrogen) atoms.